The number of para-hydroxylation sites is 1. The Hall–Kier alpha value is -5.84. The van der Waals surface area contributed by atoms with Crippen LogP contribution in [0.15, 0.2) is 91.0 Å². The zero-order valence-electron chi connectivity index (χ0n) is 24.5. The highest BCUT2D eigenvalue weighted by Crippen LogP contribution is 2.36. The second kappa shape index (κ2) is 12.4. The van der Waals surface area contributed by atoms with Gasteiger partial charge in [0.15, 0.2) is 11.5 Å². The fraction of sp³-hybridized carbons (Fsp3) is 0.176. The number of Topliss-reactive ketones (excluding diaryl/α,β-unsaturated/α-hetero) is 1. The maximum absolute atomic E-state index is 14.3. The number of methoxy groups -OCH3 is 2. The van der Waals surface area contributed by atoms with Crippen molar-refractivity contribution in [2.45, 2.75) is 12.6 Å². The van der Waals surface area contributed by atoms with Gasteiger partial charge in [0.2, 0.25) is 12.7 Å². The first-order chi connectivity index (χ1) is 21.9. The average molecular weight is 608 g/mol. The number of anilines is 2. The highest BCUT2D eigenvalue weighted by molar-refractivity contribution is 6.52. The van der Waals surface area contributed by atoms with E-state index in [2.05, 4.69) is 5.32 Å². The van der Waals surface area contributed by atoms with Crippen molar-refractivity contribution >= 4 is 34.9 Å². The number of ketones is 1. The van der Waals surface area contributed by atoms with E-state index in [1.165, 1.54) is 12.0 Å². The number of rotatable bonds is 10. The van der Waals surface area contributed by atoms with E-state index < -0.39 is 36.1 Å². The molecule has 11 heteroatoms. The van der Waals surface area contributed by atoms with Crippen molar-refractivity contribution < 1.29 is 38.1 Å². The third-order valence-electron chi connectivity index (χ3n) is 7.64. The molecule has 3 amide bonds. The number of carbonyl (C=O) groups is 4. The molecule has 1 atom stereocenters. The predicted molar refractivity (Wildman–Crippen MR) is 164 cm³/mol. The Morgan fingerprint density at radius 2 is 1.53 bits per heavy atom. The maximum Gasteiger partial charge on any atom is 0.299 e. The van der Waals surface area contributed by atoms with Crippen molar-refractivity contribution in [2.24, 2.45) is 0 Å². The number of nitrogens with zero attached hydrogens (tertiary/aromatic N) is 2. The van der Waals surface area contributed by atoms with Gasteiger partial charge < -0.3 is 29.2 Å². The lowest BCUT2D eigenvalue weighted by atomic mass is 10.0. The molecule has 1 unspecified atom stereocenters. The molecule has 0 aromatic heterocycles. The van der Waals surface area contributed by atoms with Crippen LogP contribution in [0.2, 0.25) is 0 Å². The smallest absolute Gasteiger partial charge is 0.299 e. The number of ether oxygens (including phenoxy) is 4. The summed E-state index contributed by atoms with van der Waals surface area (Å²) in [5.74, 6) is -0.319. The van der Waals surface area contributed by atoms with E-state index >= 15 is 0 Å². The average Bonchev–Trinajstić information content (AvgIpc) is 3.63. The van der Waals surface area contributed by atoms with Gasteiger partial charge in [-0.1, -0.05) is 36.4 Å². The van der Waals surface area contributed by atoms with Crippen LogP contribution in [0.5, 0.6) is 23.0 Å². The molecule has 0 spiro atoms. The van der Waals surface area contributed by atoms with Gasteiger partial charge >= 0.3 is 0 Å². The van der Waals surface area contributed by atoms with Crippen molar-refractivity contribution in [2.75, 3.05) is 37.8 Å². The lowest BCUT2D eigenvalue weighted by Crippen LogP contribution is -2.46. The topological polar surface area (TPSA) is 124 Å². The molecule has 0 radical (unpaired) electrons. The number of fused-ring (bicyclic) bond motifs is 2. The number of hydrogen-bond acceptors (Lipinski definition) is 8. The van der Waals surface area contributed by atoms with Crippen LogP contribution in [-0.4, -0.2) is 56.0 Å². The third kappa shape index (κ3) is 5.87. The molecular formula is C34H29N3O8. The Bertz CT molecular complexity index is 1770. The Kier molecular flexibility index (Phi) is 8.06. The van der Waals surface area contributed by atoms with E-state index in [-0.39, 0.29) is 18.9 Å². The molecule has 0 fully saturated rings. The second-order valence-corrected chi connectivity index (χ2v) is 10.3. The van der Waals surface area contributed by atoms with Crippen LogP contribution in [0.1, 0.15) is 27.5 Å². The fourth-order valence-corrected chi connectivity index (χ4v) is 5.33. The van der Waals surface area contributed by atoms with E-state index in [9.17, 15) is 19.2 Å². The Labute approximate surface area is 258 Å². The molecule has 0 saturated heterocycles. The van der Waals surface area contributed by atoms with Gasteiger partial charge in [-0.3, -0.25) is 24.1 Å². The summed E-state index contributed by atoms with van der Waals surface area (Å²) in [7, 11) is 3.09. The summed E-state index contributed by atoms with van der Waals surface area (Å²) in [5, 5.41) is 2.91. The van der Waals surface area contributed by atoms with Crippen LogP contribution in [0.25, 0.3) is 0 Å². The monoisotopic (exact) mass is 607 g/mol. The molecule has 4 aromatic carbocycles. The summed E-state index contributed by atoms with van der Waals surface area (Å²) in [6, 6.07) is 24.3. The number of nitrogens with one attached hydrogen (secondary N) is 1. The summed E-state index contributed by atoms with van der Waals surface area (Å²) in [5.41, 5.74) is 2.22. The molecule has 2 aliphatic heterocycles. The molecule has 0 saturated carbocycles. The van der Waals surface area contributed by atoms with Gasteiger partial charge in [-0.2, -0.15) is 0 Å². The van der Waals surface area contributed by atoms with Gasteiger partial charge in [0.05, 0.1) is 25.5 Å². The summed E-state index contributed by atoms with van der Waals surface area (Å²) in [4.78, 5) is 56.7. The summed E-state index contributed by atoms with van der Waals surface area (Å²) >= 11 is 0. The van der Waals surface area contributed by atoms with Gasteiger partial charge in [0.1, 0.15) is 24.1 Å². The molecule has 4 aromatic rings. The van der Waals surface area contributed by atoms with Crippen LogP contribution in [-0.2, 0) is 20.9 Å². The molecule has 1 N–H and O–H groups in total. The lowest BCUT2D eigenvalue weighted by molar-refractivity contribution is -0.139. The molecule has 228 valence electrons. The highest BCUT2D eigenvalue weighted by atomic mass is 16.7. The van der Waals surface area contributed by atoms with Crippen LogP contribution < -0.4 is 29.2 Å². The fourth-order valence-electron chi connectivity index (χ4n) is 5.33. The first-order valence-corrected chi connectivity index (χ1v) is 14.1. The van der Waals surface area contributed by atoms with Crippen molar-refractivity contribution in [1.82, 2.24) is 4.90 Å². The van der Waals surface area contributed by atoms with Crippen LogP contribution in [0, 0.1) is 0 Å². The van der Waals surface area contributed by atoms with Crippen LogP contribution in [0.4, 0.5) is 11.4 Å². The van der Waals surface area contributed by atoms with E-state index in [4.69, 9.17) is 18.9 Å². The standard InChI is InChI=1S/C34H29N3O8/c1-42-24-12-7-21(8-13-24)18-37(30(38)19-36-27-6-4-3-5-26(27)32(39)34(36)41)31(22-9-14-25(43-2)15-10-22)33(40)35-23-11-16-28-29(17-23)45-20-44-28/h3-17,31H,18-20H2,1-2H3,(H,35,40). The summed E-state index contributed by atoms with van der Waals surface area (Å²) < 4.78 is 21.5. The number of amides is 3. The number of hydrogen-bond donors (Lipinski definition) is 1. The zero-order chi connectivity index (χ0) is 31.5. The number of carbonyl (C=O) groups excluding carboxylic acids is 4. The van der Waals surface area contributed by atoms with E-state index in [1.807, 2.05) is 0 Å². The van der Waals surface area contributed by atoms with Crippen molar-refractivity contribution in [1.29, 1.82) is 0 Å². The maximum atomic E-state index is 14.3. The minimum absolute atomic E-state index is 0.00566. The predicted octanol–water partition coefficient (Wildman–Crippen LogP) is 4.37. The number of benzene rings is 4. The van der Waals surface area contributed by atoms with Gasteiger partial charge in [0, 0.05) is 18.3 Å². The van der Waals surface area contributed by atoms with Crippen molar-refractivity contribution in [3.05, 3.63) is 108 Å². The highest BCUT2D eigenvalue weighted by Gasteiger charge is 2.39. The Morgan fingerprint density at radius 1 is 0.867 bits per heavy atom. The molecule has 6 rings (SSSR count). The SMILES string of the molecule is COc1ccc(CN(C(=O)CN2C(=O)C(=O)c3ccccc32)C(C(=O)Nc2ccc3c(c2)OCO3)c2ccc(OC)cc2)cc1. The molecule has 2 aliphatic rings. The molecule has 0 bridgehead atoms. The van der Waals surface area contributed by atoms with Gasteiger partial charge in [-0.15, -0.1) is 0 Å². The molecule has 0 aliphatic carbocycles. The van der Waals surface area contributed by atoms with Crippen molar-refractivity contribution in [3.63, 3.8) is 0 Å². The second-order valence-electron chi connectivity index (χ2n) is 10.3. The lowest BCUT2D eigenvalue weighted by Gasteiger charge is -2.33. The minimum Gasteiger partial charge on any atom is -0.497 e. The quantitative estimate of drug-likeness (QED) is 0.264. The summed E-state index contributed by atoms with van der Waals surface area (Å²) in [6.07, 6.45) is 0. The van der Waals surface area contributed by atoms with E-state index in [0.717, 1.165) is 4.90 Å². The van der Waals surface area contributed by atoms with Crippen LogP contribution >= 0.6 is 0 Å². The minimum atomic E-state index is -1.15. The zero-order valence-corrected chi connectivity index (χ0v) is 24.5. The van der Waals surface area contributed by atoms with Gasteiger partial charge in [0.25, 0.3) is 17.6 Å². The molecule has 2 heterocycles. The molecule has 11 nitrogen and oxygen atoms in total. The first kappa shape index (κ1) is 29.2. The molecular weight excluding hydrogens is 578 g/mol. The normalized spacial score (nSPS) is 13.7. The first-order valence-electron chi connectivity index (χ1n) is 14.1. The Balaban J connectivity index is 1.39. The van der Waals surface area contributed by atoms with Crippen molar-refractivity contribution in [3.8, 4) is 23.0 Å². The van der Waals surface area contributed by atoms with E-state index in [1.54, 1.807) is 98.1 Å². The van der Waals surface area contributed by atoms with E-state index in [0.29, 0.717) is 45.5 Å². The van der Waals surface area contributed by atoms with Gasteiger partial charge in [-0.25, -0.2) is 0 Å². The van der Waals surface area contributed by atoms with Crippen LogP contribution in [0.3, 0.4) is 0 Å². The molecule has 45 heavy (non-hydrogen) atoms. The summed E-state index contributed by atoms with van der Waals surface area (Å²) in [6.45, 7) is -0.375. The largest absolute Gasteiger partial charge is 0.497 e. The third-order valence-corrected chi connectivity index (χ3v) is 7.64. The van der Waals surface area contributed by atoms with Gasteiger partial charge in [-0.05, 0) is 59.7 Å². The Morgan fingerprint density at radius 3 is 2.24 bits per heavy atom.